The number of hydrogen-bond donors (Lipinski definition) is 0. The monoisotopic (exact) mass is 562 g/mol. The van der Waals surface area contributed by atoms with E-state index in [9.17, 15) is 0 Å². The summed E-state index contributed by atoms with van der Waals surface area (Å²) in [5, 5.41) is 10.9. The second-order valence-electron chi connectivity index (χ2n) is 12.0. The van der Waals surface area contributed by atoms with E-state index >= 15 is 0 Å². The van der Waals surface area contributed by atoms with E-state index in [1.165, 1.54) is 97.4 Å². The molecule has 200 valence electrons. The van der Waals surface area contributed by atoms with Crippen LogP contribution in [0.25, 0.3) is 76.5 Å². The van der Waals surface area contributed by atoms with Crippen molar-refractivity contribution in [1.29, 1.82) is 0 Å². The molecule has 0 spiro atoms. The Morgan fingerprint density at radius 1 is 0.395 bits per heavy atom. The summed E-state index contributed by atoms with van der Waals surface area (Å²) in [5.41, 5.74) is 10.9. The predicted octanol–water partition coefficient (Wildman–Crippen LogP) is 11.9. The molecule has 0 saturated carbocycles. The van der Waals surface area contributed by atoms with Crippen LogP contribution in [0.15, 0.2) is 143 Å². The highest BCUT2D eigenvalue weighted by atomic mass is 32.2. The number of aryl methyl sites for hydroxylation is 2. The average molecular weight is 563 g/mol. The second-order valence-corrected chi connectivity index (χ2v) is 13.1. The van der Waals surface area contributed by atoms with Gasteiger partial charge in [0.15, 0.2) is 0 Å². The third-order valence-corrected chi connectivity index (χ3v) is 10.9. The molecule has 1 aliphatic carbocycles. The van der Waals surface area contributed by atoms with Crippen LogP contribution in [0.4, 0.5) is 0 Å². The Morgan fingerprint density at radius 3 is 2.02 bits per heavy atom. The van der Waals surface area contributed by atoms with E-state index in [1.807, 2.05) is 11.8 Å². The summed E-state index contributed by atoms with van der Waals surface area (Å²) in [7, 11) is 0. The zero-order chi connectivity index (χ0) is 28.1. The average Bonchev–Trinajstić information content (AvgIpc) is 3.07. The molecule has 1 heterocycles. The fourth-order valence-corrected chi connectivity index (χ4v) is 8.89. The largest absolute Gasteiger partial charge is 0.0888 e. The van der Waals surface area contributed by atoms with Gasteiger partial charge in [0, 0.05) is 15.2 Å². The summed E-state index contributed by atoms with van der Waals surface area (Å²) < 4.78 is 0. The maximum atomic E-state index is 2.41. The van der Waals surface area contributed by atoms with E-state index in [0.29, 0.717) is 0 Å². The first-order valence-corrected chi connectivity index (χ1v) is 16.0. The molecule has 0 aromatic heterocycles. The predicted molar refractivity (Wildman–Crippen MR) is 184 cm³/mol. The minimum absolute atomic E-state index is 1.09. The number of hydrogen-bond acceptors (Lipinski definition) is 1. The first-order valence-electron chi connectivity index (χ1n) is 15.1. The Morgan fingerprint density at radius 2 is 1.12 bits per heavy atom. The molecule has 0 bridgehead atoms. The lowest BCUT2D eigenvalue weighted by molar-refractivity contribution is 0.970. The van der Waals surface area contributed by atoms with Crippen molar-refractivity contribution >= 4 is 54.9 Å². The Bertz CT molecular complexity index is 2480. The molecule has 1 aliphatic heterocycles. The molecular weight excluding hydrogens is 537 g/mol. The Hall–Kier alpha value is -4.85. The van der Waals surface area contributed by atoms with Gasteiger partial charge in [-0.1, -0.05) is 121 Å². The fourth-order valence-electron chi connectivity index (χ4n) is 7.76. The van der Waals surface area contributed by atoms with Crippen LogP contribution in [0.2, 0.25) is 0 Å². The summed E-state index contributed by atoms with van der Waals surface area (Å²) in [6, 6.07) is 50.3. The maximum Gasteiger partial charge on any atom is 0.0207 e. The van der Waals surface area contributed by atoms with Crippen LogP contribution in [0.5, 0.6) is 0 Å². The van der Waals surface area contributed by atoms with Crippen molar-refractivity contribution in [2.45, 2.75) is 22.6 Å². The Labute approximate surface area is 254 Å². The van der Waals surface area contributed by atoms with Crippen LogP contribution in [-0.4, -0.2) is 0 Å². The molecule has 0 amide bonds. The molecule has 8 aromatic carbocycles. The summed E-state index contributed by atoms with van der Waals surface area (Å²) in [6.07, 6.45) is 2.19. The summed E-state index contributed by atoms with van der Waals surface area (Å²) in [5.74, 6) is 0. The third-order valence-electron chi connectivity index (χ3n) is 9.73. The molecule has 0 atom stereocenters. The van der Waals surface area contributed by atoms with Crippen molar-refractivity contribution < 1.29 is 0 Å². The highest BCUT2D eigenvalue weighted by molar-refractivity contribution is 7.99. The Kier molecular flexibility index (Phi) is 4.86. The molecule has 43 heavy (non-hydrogen) atoms. The van der Waals surface area contributed by atoms with Crippen LogP contribution in [0.1, 0.15) is 11.1 Å². The lowest BCUT2D eigenvalue weighted by atomic mass is 9.82. The molecule has 2 aliphatic rings. The van der Waals surface area contributed by atoms with Crippen molar-refractivity contribution in [3.63, 3.8) is 0 Å². The lowest BCUT2D eigenvalue weighted by Gasteiger charge is -2.22. The van der Waals surface area contributed by atoms with Crippen LogP contribution < -0.4 is 0 Å². The summed E-state index contributed by atoms with van der Waals surface area (Å²) in [6.45, 7) is 0. The molecule has 0 N–H and O–H groups in total. The van der Waals surface area contributed by atoms with Gasteiger partial charge in [-0.15, -0.1) is 0 Å². The molecule has 10 rings (SSSR count). The molecule has 1 heteroatoms. The van der Waals surface area contributed by atoms with E-state index in [-0.39, 0.29) is 0 Å². The zero-order valence-corrected chi connectivity index (χ0v) is 24.3. The first kappa shape index (κ1) is 23.7. The van der Waals surface area contributed by atoms with Gasteiger partial charge in [0.25, 0.3) is 0 Å². The first-order chi connectivity index (χ1) is 21.3. The van der Waals surface area contributed by atoms with Gasteiger partial charge in [0.05, 0.1) is 0 Å². The molecule has 0 radical (unpaired) electrons. The van der Waals surface area contributed by atoms with Gasteiger partial charge < -0.3 is 0 Å². The van der Waals surface area contributed by atoms with Crippen LogP contribution in [-0.2, 0) is 12.8 Å². The van der Waals surface area contributed by atoms with Gasteiger partial charge >= 0.3 is 0 Å². The van der Waals surface area contributed by atoms with E-state index < -0.39 is 0 Å². The van der Waals surface area contributed by atoms with Gasteiger partial charge in [0.2, 0.25) is 0 Å². The van der Waals surface area contributed by atoms with Gasteiger partial charge in [0.1, 0.15) is 0 Å². The highest BCUT2D eigenvalue weighted by Crippen LogP contribution is 2.49. The van der Waals surface area contributed by atoms with Gasteiger partial charge in [-0.2, -0.15) is 0 Å². The normalized spacial score (nSPS) is 13.3. The molecule has 8 aromatic rings. The molecule has 0 saturated heterocycles. The van der Waals surface area contributed by atoms with Crippen molar-refractivity contribution in [2.75, 3.05) is 0 Å². The maximum absolute atomic E-state index is 2.41. The van der Waals surface area contributed by atoms with E-state index in [2.05, 4.69) is 133 Å². The van der Waals surface area contributed by atoms with E-state index in [0.717, 1.165) is 12.8 Å². The minimum atomic E-state index is 1.09. The zero-order valence-electron chi connectivity index (χ0n) is 23.5. The van der Waals surface area contributed by atoms with Crippen molar-refractivity contribution in [1.82, 2.24) is 0 Å². The molecule has 0 nitrogen and oxygen atoms in total. The quantitative estimate of drug-likeness (QED) is 0.189. The smallest absolute Gasteiger partial charge is 0.0207 e. The minimum Gasteiger partial charge on any atom is -0.0888 e. The number of benzene rings is 8. The van der Waals surface area contributed by atoms with E-state index in [4.69, 9.17) is 0 Å². The summed E-state index contributed by atoms with van der Waals surface area (Å²) in [4.78, 5) is 2.68. The molecular formula is C42H26S. The summed E-state index contributed by atoms with van der Waals surface area (Å²) >= 11 is 1.89. The topological polar surface area (TPSA) is 0 Å². The van der Waals surface area contributed by atoms with Crippen molar-refractivity contribution in [3.05, 3.63) is 145 Å². The van der Waals surface area contributed by atoms with Crippen LogP contribution in [0, 0.1) is 0 Å². The highest BCUT2D eigenvalue weighted by Gasteiger charge is 2.21. The third kappa shape index (κ3) is 3.40. The van der Waals surface area contributed by atoms with Crippen molar-refractivity contribution in [3.8, 4) is 33.4 Å². The number of fused-ring (bicyclic) bond motifs is 3. The Balaban J connectivity index is 1.15. The van der Waals surface area contributed by atoms with Crippen LogP contribution in [0.3, 0.4) is 0 Å². The van der Waals surface area contributed by atoms with Gasteiger partial charge in [-0.3, -0.25) is 0 Å². The second kappa shape index (κ2) is 8.83. The lowest BCUT2D eigenvalue weighted by Crippen LogP contribution is -2.03. The van der Waals surface area contributed by atoms with Gasteiger partial charge in [-0.25, -0.2) is 0 Å². The van der Waals surface area contributed by atoms with Gasteiger partial charge in [-0.05, 0) is 119 Å². The molecule has 0 unspecified atom stereocenters. The fraction of sp³-hybridized carbons (Fsp3) is 0.0476. The van der Waals surface area contributed by atoms with Crippen molar-refractivity contribution in [2.24, 2.45) is 0 Å². The van der Waals surface area contributed by atoms with E-state index in [1.54, 1.807) is 0 Å². The number of rotatable bonds is 2. The molecule has 0 fully saturated rings. The SMILES string of the molecule is c1ccc2c(c1)Sc1ccc(-c3ccc4ccc(-c5ccc6ccc7cccc8c7c6c5CC8)cc4c3)c3cccc-2c13. The van der Waals surface area contributed by atoms with Crippen LogP contribution >= 0.6 is 11.8 Å². The standard InChI is InChI=1S/C42H26S/c1-2-10-38-34(7-1)36-9-4-8-35-33(21-22-39(43-38)42(35)36)30-16-12-25-11-15-29(23-31(25)24-30)32-19-17-28-14-13-26-5-3-6-27-18-20-37(32)41(28)40(26)27/h1-17,19,21-24H,18,20H2.